The van der Waals surface area contributed by atoms with Gasteiger partial charge in [0.15, 0.2) is 6.10 Å². The molecule has 0 heterocycles. The van der Waals surface area contributed by atoms with Gasteiger partial charge in [0, 0.05) is 12.1 Å². The van der Waals surface area contributed by atoms with Crippen molar-refractivity contribution >= 4 is 17.8 Å². The normalized spacial score (nSPS) is 15.0. The van der Waals surface area contributed by atoms with Crippen LogP contribution in [0, 0.1) is 0 Å². The second-order valence-electron chi connectivity index (χ2n) is 8.79. The van der Waals surface area contributed by atoms with Crippen LogP contribution in [0.4, 0.5) is 0 Å². The van der Waals surface area contributed by atoms with Gasteiger partial charge >= 0.3 is 5.97 Å². The van der Waals surface area contributed by atoms with Gasteiger partial charge in [0.2, 0.25) is 0 Å². The van der Waals surface area contributed by atoms with Gasteiger partial charge in [-0.3, -0.25) is 14.4 Å². The molecule has 0 aromatic heterocycles. The van der Waals surface area contributed by atoms with Crippen LogP contribution in [0.5, 0.6) is 0 Å². The highest BCUT2D eigenvalue weighted by Crippen LogP contribution is 2.22. The predicted octanol–water partition coefficient (Wildman–Crippen LogP) is 3.65. The molecule has 0 saturated carbocycles. The predicted molar refractivity (Wildman–Crippen MR) is 117 cm³/mol. The van der Waals surface area contributed by atoms with Gasteiger partial charge in [-0.05, 0) is 62.1 Å². The van der Waals surface area contributed by atoms with Crippen LogP contribution in [-0.2, 0) is 19.7 Å². The quantitative estimate of drug-likeness (QED) is 0.502. The first-order chi connectivity index (χ1) is 14.2. The first-order valence-corrected chi connectivity index (χ1v) is 10.7. The summed E-state index contributed by atoms with van der Waals surface area (Å²) in [5.41, 5.74) is 2.98. The van der Waals surface area contributed by atoms with E-state index < -0.39 is 12.1 Å². The Bertz CT molecular complexity index is 775. The van der Waals surface area contributed by atoms with Gasteiger partial charge in [-0.25, -0.2) is 0 Å². The molecule has 0 fully saturated rings. The zero-order valence-corrected chi connectivity index (χ0v) is 18.5. The Morgan fingerprint density at radius 3 is 2.37 bits per heavy atom. The van der Waals surface area contributed by atoms with Crippen molar-refractivity contribution in [1.82, 2.24) is 10.6 Å². The monoisotopic (exact) mass is 414 g/mol. The van der Waals surface area contributed by atoms with E-state index in [1.54, 1.807) is 12.1 Å². The molecule has 0 unspecified atom stereocenters. The maximum atomic E-state index is 12.2. The standard InChI is InChI=1S/C24H34N2O4/c1-17(22(28)25-15-14-18-8-6-5-7-9-18)30-21(27)16-26-23(29)19-10-12-20(13-11-19)24(2,3)4/h8,10-13,17H,5-7,9,14-16H2,1-4H3,(H,25,28)(H,26,29)/t17-/m0/s1. The molecule has 1 atom stereocenters. The Labute approximate surface area is 179 Å². The molecule has 0 saturated heterocycles. The van der Waals surface area contributed by atoms with Crippen LogP contribution in [-0.4, -0.2) is 37.0 Å². The van der Waals surface area contributed by atoms with Crippen LogP contribution in [0.2, 0.25) is 0 Å². The Balaban J connectivity index is 1.70. The van der Waals surface area contributed by atoms with E-state index in [1.165, 1.54) is 25.3 Å². The number of rotatable bonds is 8. The topological polar surface area (TPSA) is 84.5 Å². The van der Waals surface area contributed by atoms with Crippen molar-refractivity contribution in [2.24, 2.45) is 0 Å². The largest absolute Gasteiger partial charge is 0.451 e. The number of carbonyl (C=O) groups is 3. The Morgan fingerprint density at radius 2 is 1.77 bits per heavy atom. The molecule has 0 radical (unpaired) electrons. The van der Waals surface area contributed by atoms with Crippen molar-refractivity contribution in [3.05, 3.63) is 47.0 Å². The average molecular weight is 415 g/mol. The molecule has 2 N–H and O–H groups in total. The highest BCUT2D eigenvalue weighted by atomic mass is 16.5. The van der Waals surface area contributed by atoms with E-state index in [0.29, 0.717) is 12.1 Å². The number of nitrogens with one attached hydrogen (secondary N) is 2. The van der Waals surface area contributed by atoms with E-state index in [4.69, 9.17) is 4.74 Å². The van der Waals surface area contributed by atoms with Crippen LogP contribution < -0.4 is 10.6 Å². The summed E-state index contributed by atoms with van der Waals surface area (Å²) in [6, 6.07) is 7.28. The molecule has 2 amide bonds. The number of hydrogen-bond donors (Lipinski definition) is 2. The molecule has 0 aliphatic heterocycles. The maximum absolute atomic E-state index is 12.2. The van der Waals surface area contributed by atoms with Crippen LogP contribution in [0.1, 0.15) is 75.7 Å². The first-order valence-electron chi connectivity index (χ1n) is 10.7. The second-order valence-corrected chi connectivity index (χ2v) is 8.79. The number of amides is 2. The minimum absolute atomic E-state index is 0.00285. The van der Waals surface area contributed by atoms with Crippen molar-refractivity contribution in [1.29, 1.82) is 0 Å². The van der Waals surface area contributed by atoms with E-state index in [2.05, 4.69) is 37.5 Å². The zero-order valence-electron chi connectivity index (χ0n) is 18.5. The van der Waals surface area contributed by atoms with Crippen LogP contribution in [0.25, 0.3) is 0 Å². The van der Waals surface area contributed by atoms with Crippen molar-refractivity contribution < 1.29 is 19.1 Å². The van der Waals surface area contributed by atoms with Gasteiger partial charge < -0.3 is 15.4 Å². The molecule has 0 spiro atoms. The number of benzene rings is 1. The third kappa shape index (κ3) is 7.65. The lowest BCUT2D eigenvalue weighted by atomic mass is 9.87. The van der Waals surface area contributed by atoms with Gasteiger partial charge in [-0.15, -0.1) is 0 Å². The van der Waals surface area contributed by atoms with Crippen LogP contribution in [0.3, 0.4) is 0 Å². The molecular weight excluding hydrogens is 380 g/mol. The van der Waals surface area contributed by atoms with Gasteiger partial charge in [0.1, 0.15) is 6.54 Å². The lowest BCUT2D eigenvalue weighted by Gasteiger charge is -2.19. The fourth-order valence-electron chi connectivity index (χ4n) is 3.29. The van der Waals surface area contributed by atoms with Crippen molar-refractivity contribution in [3.8, 4) is 0 Å². The van der Waals surface area contributed by atoms with Crippen molar-refractivity contribution in [2.45, 2.75) is 71.3 Å². The Morgan fingerprint density at radius 1 is 1.07 bits per heavy atom. The number of allylic oxidation sites excluding steroid dienone is 1. The molecule has 2 rings (SSSR count). The van der Waals surface area contributed by atoms with Crippen LogP contribution in [0.15, 0.2) is 35.9 Å². The van der Waals surface area contributed by atoms with Crippen molar-refractivity contribution in [3.63, 3.8) is 0 Å². The molecule has 1 aliphatic carbocycles. The van der Waals surface area contributed by atoms with E-state index in [1.807, 2.05) is 12.1 Å². The summed E-state index contributed by atoms with van der Waals surface area (Å²) in [7, 11) is 0. The number of hydrogen-bond acceptors (Lipinski definition) is 4. The summed E-state index contributed by atoms with van der Waals surface area (Å²) in [5, 5.41) is 5.33. The highest BCUT2D eigenvalue weighted by Gasteiger charge is 2.19. The molecule has 30 heavy (non-hydrogen) atoms. The number of carbonyl (C=O) groups excluding carboxylic acids is 3. The molecule has 6 nitrogen and oxygen atoms in total. The molecule has 1 aromatic rings. The summed E-state index contributed by atoms with van der Waals surface area (Å²) >= 11 is 0. The molecule has 164 valence electrons. The third-order valence-corrected chi connectivity index (χ3v) is 5.21. The zero-order chi connectivity index (χ0) is 22.1. The Hall–Kier alpha value is -2.63. The van der Waals surface area contributed by atoms with E-state index >= 15 is 0 Å². The minimum atomic E-state index is -0.902. The highest BCUT2D eigenvalue weighted by molar-refractivity contribution is 5.96. The lowest BCUT2D eigenvalue weighted by molar-refractivity contribution is -0.153. The average Bonchev–Trinajstić information content (AvgIpc) is 2.72. The van der Waals surface area contributed by atoms with E-state index in [9.17, 15) is 14.4 Å². The molecule has 1 aromatic carbocycles. The van der Waals surface area contributed by atoms with Gasteiger partial charge in [0.25, 0.3) is 11.8 Å². The molecule has 6 heteroatoms. The third-order valence-electron chi connectivity index (χ3n) is 5.21. The van der Waals surface area contributed by atoms with Gasteiger partial charge in [-0.2, -0.15) is 0 Å². The molecular formula is C24H34N2O4. The van der Waals surface area contributed by atoms with E-state index in [0.717, 1.165) is 24.8 Å². The lowest BCUT2D eigenvalue weighted by Crippen LogP contribution is -2.39. The summed E-state index contributed by atoms with van der Waals surface area (Å²) in [6.07, 6.45) is 6.83. The Kier molecular flexibility index (Phi) is 8.63. The SMILES string of the molecule is C[C@H](OC(=O)CNC(=O)c1ccc(C(C)(C)C)cc1)C(=O)NCCC1=CCCCC1. The number of ether oxygens (including phenoxy) is 1. The van der Waals surface area contributed by atoms with E-state index in [-0.39, 0.29) is 23.8 Å². The number of esters is 1. The fraction of sp³-hybridized carbons (Fsp3) is 0.542. The second kappa shape index (κ2) is 11.0. The summed E-state index contributed by atoms with van der Waals surface area (Å²) < 4.78 is 5.12. The maximum Gasteiger partial charge on any atom is 0.326 e. The molecule has 0 bridgehead atoms. The fourth-order valence-corrected chi connectivity index (χ4v) is 3.29. The smallest absolute Gasteiger partial charge is 0.326 e. The molecule has 1 aliphatic rings. The first kappa shape index (κ1) is 23.6. The van der Waals surface area contributed by atoms with Gasteiger partial charge in [0.05, 0.1) is 0 Å². The van der Waals surface area contributed by atoms with Gasteiger partial charge in [-0.1, -0.05) is 44.6 Å². The minimum Gasteiger partial charge on any atom is -0.451 e. The summed E-state index contributed by atoms with van der Waals surface area (Å²) in [4.78, 5) is 36.3. The van der Waals surface area contributed by atoms with Crippen molar-refractivity contribution in [2.75, 3.05) is 13.1 Å². The summed E-state index contributed by atoms with van der Waals surface area (Å²) in [5.74, 6) is -1.33. The van der Waals surface area contributed by atoms with Crippen LogP contribution >= 0.6 is 0 Å². The summed E-state index contributed by atoms with van der Waals surface area (Å²) in [6.45, 7) is 8.08.